The van der Waals surface area contributed by atoms with Crippen LogP contribution in [-0.4, -0.2) is 12.0 Å². The minimum atomic E-state index is -1.02. The van der Waals surface area contributed by atoms with Gasteiger partial charge in [-0.3, -0.25) is 0 Å². The molecule has 0 unspecified atom stereocenters. The fraction of sp³-hybridized carbons (Fsp3) is 0.308. The molecule has 0 saturated carbocycles. The van der Waals surface area contributed by atoms with Crippen molar-refractivity contribution >= 4 is 27.6 Å². The first kappa shape index (κ1) is 10.8. The number of halogens is 1. The molecule has 0 aromatic heterocycles. The molecule has 0 spiro atoms. The Bertz CT molecular complexity index is 512. The Hall–Kier alpha value is -1.29. The van der Waals surface area contributed by atoms with Crippen LogP contribution in [0.3, 0.4) is 0 Å². The summed E-state index contributed by atoms with van der Waals surface area (Å²) in [4.78, 5) is 11.2. The van der Waals surface area contributed by atoms with E-state index in [1.54, 1.807) is 0 Å². The number of carboxylic acid groups (broad SMARTS) is 1. The first-order valence-corrected chi connectivity index (χ1v) is 6.39. The Morgan fingerprint density at radius 2 is 2.29 bits per heavy atom. The number of carbonyl (C=O) groups is 1. The summed E-state index contributed by atoms with van der Waals surface area (Å²) in [6.45, 7) is 0. The molecule has 3 rings (SSSR count). The number of anilines is 1. The molecule has 2 aliphatic rings. The van der Waals surface area contributed by atoms with E-state index in [9.17, 15) is 9.90 Å². The van der Waals surface area contributed by atoms with Crippen molar-refractivity contribution in [1.29, 1.82) is 0 Å². The van der Waals surface area contributed by atoms with E-state index < -0.39 is 12.0 Å². The normalized spacial score (nSPS) is 29.4. The van der Waals surface area contributed by atoms with Crippen LogP contribution >= 0.6 is 15.9 Å². The number of aliphatic carboxylic acids is 1. The van der Waals surface area contributed by atoms with E-state index in [2.05, 4.69) is 39.5 Å². The smallest absolute Gasteiger partial charge is 0.0698 e. The van der Waals surface area contributed by atoms with Gasteiger partial charge in [0.15, 0.2) is 0 Å². The molecule has 3 nitrogen and oxygen atoms in total. The zero-order valence-corrected chi connectivity index (χ0v) is 10.6. The Labute approximate surface area is 108 Å². The van der Waals surface area contributed by atoms with Crippen molar-refractivity contribution in [1.82, 2.24) is 0 Å². The number of allylic oxidation sites excluding steroid dienone is 2. The zero-order chi connectivity index (χ0) is 12.0. The topological polar surface area (TPSA) is 52.2 Å². The maximum atomic E-state index is 11.2. The molecule has 0 amide bonds. The van der Waals surface area contributed by atoms with Gasteiger partial charge in [-0.15, -0.1) is 0 Å². The number of hydrogen-bond donors (Lipinski definition) is 1. The second-order valence-corrected chi connectivity index (χ2v) is 5.44. The molecule has 3 atom stereocenters. The molecule has 1 aromatic rings. The SMILES string of the molecule is O=C([O-])[C@@H]1Nc2ccc(Br)cc2[C@@H]2C=CC[C@@H]12. The molecule has 1 N–H and O–H groups in total. The lowest BCUT2D eigenvalue weighted by atomic mass is 9.79. The van der Waals surface area contributed by atoms with Gasteiger partial charge in [0.1, 0.15) is 0 Å². The molecule has 1 aliphatic carbocycles. The highest BCUT2D eigenvalue weighted by Gasteiger charge is 2.37. The summed E-state index contributed by atoms with van der Waals surface area (Å²) in [5.41, 5.74) is 2.06. The molecule has 4 heteroatoms. The second-order valence-electron chi connectivity index (χ2n) is 4.53. The number of hydrogen-bond acceptors (Lipinski definition) is 3. The van der Waals surface area contributed by atoms with Crippen molar-refractivity contribution in [3.63, 3.8) is 0 Å². The van der Waals surface area contributed by atoms with Gasteiger partial charge in [-0.2, -0.15) is 0 Å². The van der Waals surface area contributed by atoms with Gasteiger partial charge in [-0.25, -0.2) is 0 Å². The summed E-state index contributed by atoms with van der Waals surface area (Å²) >= 11 is 3.45. The number of nitrogens with one attached hydrogen (secondary N) is 1. The van der Waals surface area contributed by atoms with Gasteiger partial charge < -0.3 is 15.2 Å². The van der Waals surface area contributed by atoms with Gasteiger partial charge in [0.2, 0.25) is 0 Å². The number of benzene rings is 1. The van der Waals surface area contributed by atoms with Gasteiger partial charge >= 0.3 is 0 Å². The lowest BCUT2D eigenvalue weighted by Crippen LogP contribution is -2.48. The molecular weight excluding hydrogens is 282 g/mol. The van der Waals surface area contributed by atoms with Crippen LogP contribution in [0.15, 0.2) is 34.8 Å². The summed E-state index contributed by atoms with van der Waals surface area (Å²) in [6, 6.07) is 5.29. The Morgan fingerprint density at radius 3 is 3.06 bits per heavy atom. The quantitative estimate of drug-likeness (QED) is 0.801. The maximum Gasteiger partial charge on any atom is 0.0698 e. The van der Waals surface area contributed by atoms with Crippen LogP contribution in [0.4, 0.5) is 5.69 Å². The minimum Gasteiger partial charge on any atom is -0.548 e. The van der Waals surface area contributed by atoms with Crippen LogP contribution in [0.1, 0.15) is 17.9 Å². The van der Waals surface area contributed by atoms with Crippen LogP contribution in [-0.2, 0) is 4.79 Å². The Morgan fingerprint density at radius 1 is 1.47 bits per heavy atom. The van der Waals surface area contributed by atoms with Crippen LogP contribution in [0.25, 0.3) is 0 Å². The van der Waals surface area contributed by atoms with Gasteiger partial charge in [-0.1, -0.05) is 28.1 Å². The van der Waals surface area contributed by atoms with E-state index in [0.717, 1.165) is 22.1 Å². The van der Waals surface area contributed by atoms with Crippen molar-refractivity contribution in [3.8, 4) is 0 Å². The first-order valence-electron chi connectivity index (χ1n) is 5.60. The molecule has 1 aromatic carbocycles. The molecule has 1 heterocycles. The zero-order valence-electron chi connectivity index (χ0n) is 9.02. The summed E-state index contributed by atoms with van der Waals surface area (Å²) in [5, 5.41) is 14.2. The third kappa shape index (κ3) is 1.67. The van der Waals surface area contributed by atoms with E-state index in [4.69, 9.17) is 0 Å². The van der Waals surface area contributed by atoms with Crippen molar-refractivity contribution in [2.24, 2.45) is 5.92 Å². The van der Waals surface area contributed by atoms with Crippen LogP contribution in [0, 0.1) is 5.92 Å². The third-order valence-electron chi connectivity index (χ3n) is 3.58. The summed E-state index contributed by atoms with van der Waals surface area (Å²) in [5.74, 6) is -0.759. The third-order valence-corrected chi connectivity index (χ3v) is 4.07. The molecule has 17 heavy (non-hydrogen) atoms. The largest absolute Gasteiger partial charge is 0.548 e. The fourth-order valence-corrected chi connectivity index (χ4v) is 3.18. The molecular formula is C13H11BrNO2-. The standard InChI is InChI=1S/C13H12BrNO2/c14-7-4-5-11-10(6-7)8-2-1-3-9(8)12(15-11)13(16)17/h1-2,4-6,8-9,12,15H,3H2,(H,16,17)/p-1/t8-,9-,12-/m1/s1. The molecule has 0 saturated heterocycles. The van der Waals surface area contributed by atoms with E-state index in [1.165, 1.54) is 0 Å². The predicted molar refractivity (Wildman–Crippen MR) is 66.5 cm³/mol. The molecule has 1 aliphatic heterocycles. The molecule has 0 bridgehead atoms. The van der Waals surface area contributed by atoms with Crippen molar-refractivity contribution in [2.75, 3.05) is 5.32 Å². The number of rotatable bonds is 1. The molecule has 88 valence electrons. The van der Waals surface area contributed by atoms with Gasteiger partial charge in [-0.05, 0) is 36.1 Å². The first-order chi connectivity index (χ1) is 8.16. The predicted octanol–water partition coefficient (Wildman–Crippen LogP) is 1.65. The summed E-state index contributed by atoms with van der Waals surface area (Å²) < 4.78 is 1.02. The van der Waals surface area contributed by atoms with E-state index in [1.807, 2.05) is 12.1 Å². The highest BCUT2D eigenvalue weighted by molar-refractivity contribution is 9.10. The molecule has 0 radical (unpaired) electrons. The average molecular weight is 293 g/mol. The van der Waals surface area contributed by atoms with E-state index in [-0.39, 0.29) is 11.8 Å². The van der Waals surface area contributed by atoms with Gasteiger partial charge in [0, 0.05) is 16.1 Å². The number of carbonyl (C=O) groups excluding carboxylic acids is 1. The number of carboxylic acids is 1. The Balaban J connectivity index is 2.09. The monoisotopic (exact) mass is 292 g/mol. The van der Waals surface area contributed by atoms with E-state index >= 15 is 0 Å². The maximum absolute atomic E-state index is 11.2. The minimum absolute atomic E-state index is 0.0711. The van der Waals surface area contributed by atoms with Gasteiger partial charge in [0.25, 0.3) is 0 Å². The second kappa shape index (κ2) is 3.88. The van der Waals surface area contributed by atoms with Crippen molar-refractivity contribution < 1.29 is 9.90 Å². The summed E-state index contributed by atoms with van der Waals surface area (Å²) in [7, 11) is 0. The fourth-order valence-electron chi connectivity index (χ4n) is 2.80. The molecule has 0 fully saturated rings. The van der Waals surface area contributed by atoms with Crippen LogP contribution < -0.4 is 10.4 Å². The lowest BCUT2D eigenvalue weighted by Gasteiger charge is -2.37. The van der Waals surface area contributed by atoms with E-state index in [0.29, 0.717) is 0 Å². The Kier molecular flexibility index (Phi) is 2.47. The highest BCUT2D eigenvalue weighted by atomic mass is 79.9. The lowest BCUT2D eigenvalue weighted by molar-refractivity contribution is -0.308. The number of fused-ring (bicyclic) bond motifs is 3. The average Bonchev–Trinajstić information content (AvgIpc) is 2.76. The van der Waals surface area contributed by atoms with Crippen molar-refractivity contribution in [2.45, 2.75) is 18.4 Å². The summed E-state index contributed by atoms with van der Waals surface area (Å²) in [6.07, 6.45) is 4.96. The van der Waals surface area contributed by atoms with Crippen molar-refractivity contribution in [3.05, 3.63) is 40.4 Å². The van der Waals surface area contributed by atoms with Crippen LogP contribution in [0.2, 0.25) is 0 Å². The highest BCUT2D eigenvalue weighted by Crippen LogP contribution is 2.45. The van der Waals surface area contributed by atoms with Crippen LogP contribution in [0.5, 0.6) is 0 Å². The van der Waals surface area contributed by atoms with Gasteiger partial charge in [0.05, 0.1) is 12.0 Å².